The normalized spacial score (nSPS) is 19.2. The van der Waals surface area contributed by atoms with Crippen molar-refractivity contribution in [2.24, 2.45) is 11.7 Å². The van der Waals surface area contributed by atoms with E-state index in [0.717, 1.165) is 11.6 Å². The molecule has 3 N–H and O–H groups in total. The lowest BCUT2D eigenvalue weighted by molar-refractivity contribution is 0.244. The van der Waals surface area contributed by atoms with E-state index >= 15 is 0 Å². The summed E-state index contributed by atoms with van der Waals surface area (Å²) in [5.74, 6) is 0.719. The fourth-order valence-corrected chi connectivity index (χ4v) is 2.14. The number of aliphatic hydroxyl groups excluding tert-OH is 1. The summed E-state index contributed by atoms with van der Waals surface area (Å²) in [6.45, 7) is 4.38. The van der Waals surface area contributed by atoms with Gasteiger partial charge in [0.1, 0.15) is 0 Å². The number of nitrogens with zero attached hydrogens (tertiary/aromatic N) is 2. The van der Waals surface area contributed by atoms with Crippen molar-refractivity contribution in [2.45, 2.75) is 38.3 Å². The van der Waals surface area contributed by atoms with Gasteiger partial charge in [-0.3, -0.25) is 0 Å². The van der Waals surface area contributed by atoms with Crippen molar-refractivity contribution in [3.63, 3.8) is 0 Å². The molecule has 2 rings (SSSR count). The number of rotatable bonds is 4. The molecule has 1 aliphatic rings. The van der Waals surface area contributed by atoms with Crippen LogP contribution in [-0.4, -0.2) is 21.3 Å². The highest BCUT2D eigenvalue weighted by Gasteiger charge is 2.40. The van der Waals surface area contributed by atoms with Gasteiger partial charge in [-0.15, -0.1) is 0 Å². The molecule has 0 spiro atoms. The zero-order chi connectivity index (χ0) is 11.1. The Labute approximate surface area is 90.1 Å². The van der Waals surface area contributed by atoms with Crippen LogP contribution < -0.4 is 5.73 Å². The fourth-order valence-electron chi connectivity index (χ4n) is 2.14. The average molecular weight is 209 g/mol. The number of hydrogen-bond donors (Lipinski definition) is 2. The predicted molar refractivity (Wildman–Crippen MR) is 58.3 cm³/mol. The van der Waals surface area contributed by atoms with Crippen LogP contribution in [0.5, 0.6) is 0 Å². The highest BCUT2D eigenvalue weighted by Crippen LogP contribution is 2.44. The summed E-state index contributed by atoms with van der Waals surface area (Å²) in [4.78, 5) is 4.14. The molecule has 0 radical (unpaired) electrons. The standard InChI is InChI=1S/C11H19N3O/c1-11(2,8-3-4-8)14-7-13-5-10(14)9(12)6-15/h5,7-9,15H,3-4,6,12H2,1-2H3. The van der Waals surface area contributed by atoms with Gasteiger partial charge < -0.3 is 15.4 Å². The van der Waals surface area contributed by atoms with Gasteiger partial charge in [0, 0.05) is 11.7 Å². The summed E-state index contributed by atoms with van der Waals surface area (Å²) in [6, 6.07) is -0.328. The zero-order valence-electron chi connectivity index (χ0n) is 9.35. The van der Waals surface area contributed by atoms with Crippen molar-refractivity contribution >= 4 is 0 Å². The minimum atomic E-state index is -0.328. The predicted octanol–water partition coefficient (Wildman–Crippen LogP) is 1.02. The molecule has 1 fully saturated rings. The largest absolute Gasteiger partial charge is 0.394 e. The summed E-state index contributed by atoms with van der Waals surface area (Å²) < 4.78 is 2.12. The molecule has 0 saturated heterocycles. The zero-order valence-corrected chi connectivity index (χ0v) is 9.35. The molecule has 1 atom stereocenters. The Kier molecular flexibility index (Phi) is 2.56. The van der Waals surface area contributed by atoms with Crippen molar-refractivity contribution in [1.82, 2.24) is 9.55 Å². The van der Waals surface area contributed by atoms with Crippen LogP contribution in [-0.2, 0) is 5.54 Å². The third-order valence-electron chi connectivity index (χ3n) is 3.44. The second-order valence-electron chi connectivity index (χ2n) is 4.91. The molecule has 1 unspecified atom stereocenters. The fraction of sp³-hybridized carbons (Fsp3) is 0.727. The van der Waals surface area contributed by atoms with Crippen LogP contribution in [0, 0.1) is 5.92 Å². The summed E-state index contributed by atoms with van der Waals surface area (Å²) in [5.41, 5.74) is 6.84. The van der Waals surface area contributed by atoms with Crippen molar-refractivity contribution in [3.8, 4) is 0 Å². The minimum Gasteiger partial charge on any atom is -0.394 e. The molecule has 1 heterocycles. The number of nitrogens with two attached hydrogens (primary N) is 1. The van der Waals surface area contributed by atoms with Gasteiger partial charge in [-0.1, -0.05) is 0 Å². The van der Waals surface area contributed by atoms with Gasteiger partial charge in [-0.25, -0.2) is 4.98 Å². The van der Waals surface area contributed by atoms with Crippen molar-refractivity contribution < 1.29 is 5.11 Å². The van der Waals surface area contributed by atoms with E-state index in [0.29, 0.717) is 0 Å². The second kappa shape index (κ2) is 3.61. The molecule has 84 valence electrons. The molecule has 0 aliphatic heterocycles. The van der Waals surface area contributed by atoms with E-state index in [-0.39, 0.29) is 18.2 Å². The first-order valence-corrected chi connectivity index (χ1v) is 5.46. The van der Waals surface area contributed by atoms with Gasteiger partial charge >= 0.3 is 0 Å². The van der Waals surface area contributed by atoms with Gasteiger partial charge in [0.15, 0.2) is 0 Å². The van der Waals surface area contributed by atoms with E-state index in [1.165, 1.54) is 12.8 Å². The molecule has 4 heteroatoms. The van der Waals surface area contributed by atoms with Gasteiger partial charge in [0.25, 0.3) is 0 Å². The van der Waals surface area contributed by atoms with Gasteiger partial charge in [-0.2, -0.15) is 0 Å². The molecule has 4 nitrogen and oxygen atoms in total. The van der Waals surface area contributed by atoms with Crippen LogP contribution in [0.25, 0.3) is 0 Å². The third kappa shape index (κ3) is 1.79. The monoisotopic (exact) mass is 209 g/mol. The van der Waals surface area contributed by atoms with E-state index in [1.54, 1.807) is 6.20 Å². The smallest absolute Gasteiger partial charge is 0.0953 e. The van der Waals surface area contributed by atoms with Crippen molar-refractivity contribution in [1.29, 1.82) is 0 Å². The molecular weight excluding hydrogens is 190 g/mol. The van der Waals surface area contributed by atoms with Gasteiger partial charge in [0.2, 0.25) is 0 Å². The van der Waals surface area contributed by atoms with Crippen LogP contribution in [0.4, 0.5) is 0 Å². The van der Waals surface area contributed by atoms with Crippen LogP contribution in [0.15, 0.2) is 12.5 Å². The first-order valence-electron chi connectivity index (χ1n) is 5.46. The summed E-state index contributed by atoms with van der Waals surface area (Å²) in [5, 5.41) is 9.08. The van der Waals surface area contributed by atoms with Gasteiger partial charge in [-0.05, 0) is 32.6 Å². The Morgan fingerprint density at radius 1 is 1.67 bits per heavy atom. The first-order chi connectivity index (χ1) is 7.07. The number of hydrogen-bond acceptors (Lipinski definition) is 3. The van der Waals surface area contributed by atoms with E-state index < -0.39 is 0 Å². The molecule has 15 heavy (non-hydrogen) atoms. The SMILES string of the molecule is CC(C)(C1CC1)n1cncc1C(N)CO. The molecule has 0 amide bonds. The topological polar surface area (TPSA) is 64.1 Å². The highest BCUT2D eigenvalue weighted by molar-refractivity contribution is 5.10. The highest BCUT2D eigenvalue weighted by atomic mass is 16.3. The third-order valence-corrected chi connectivity index (χ3v) is 3.44. The number of imidazole rings is 1. The maximum absolute atomic E-state index is 9.08. The molecule has 1 aromatic rings. The molecule has 0 aromatic carbocycles. The van der Waals surface area contributed by atoms with Crippen molar-refractivity contribution in [2.75, 3.05) is 6.61 Å². The maximum atomic E-state index is 9.08. The number of aliphatic hydroxyl groups is 1. The van der Waals surface area contributed by atoms with E-state index in [1.807, 2.05) is 6.33 Å². The summed E-state index contributed by atoms with van der Waals surface area (Å²) >= 11 is 0. The molecule has 1 saturated carbocycles. The second-order valence-corrected chi connectivity index (χ2v) is 4.91. The maximum Gasteiger partial charge on any atom is 0.0953 e. The molecule has 1 aromatic heterocycles. The Morgan fingerprint density at radius 3 is 2.87 bits per heavy atom. The summed E-state index contributed by atoms with van der Waals surface area (Å²) in [7, 11) is 0. The van der Waals surface area contributed by atoms with Crippen LogP contribution >= 0.6 is 0 Å². The quantitative estimate of drug-likeness (QED) is 0.778. The molecular formula is C11H19N3O. The number of aromatic nitrogens is 2. The van der Waals surface area contributed by atoms with E-state index in [2.05, 4.69) is 23.4 Å². The minimum absolute atomic E-state index is 0.0353. The molecule has 0 bridgehead atoms. The van der Waals surface area contributed by atoms with Crippen molar-refractivity contribution in [3.05, 3.63) is 18.2 Å². The van der Waals surface area contributed by atoms with Crippen LogP contribution in [0.1, 0.15) is 38.4 Å². The Morgan fingerprint density at radius 2 is 2.33 bits per heavy atom. The van der Waals surface area contributed by atoms with Crippen LogP contribution in [0.3, 0.4) is 0 Å². The summed E-state index contributed by atoms with van der Waals surface area (Å²) in [6.07, 6.45) is 6.13. The lowest BCUT2D eigenvalue weighted by atomic mass is 9.97. The Hall–Kier alpha value is -0.870. The Bertz CT molecular complexity index is 341. The average Bonchev–Trinajstić information content (AvgIpc) is 2.95. The first kappa shape index (κ1) is 10.6. The van der Waals surface area contributed by atoms with E-state index in [9.17, 15) is 0 Å². The van der Waals surface area contributed by atoms with Crippen LogP contribution in [0.2, 0.25) is 0 Å². The Balaban J connectivity index is 2.31. The van der Waals surface area contributed by atoms with E-state index in [4.69, 9.17) is 10.8 Å². The van der Waals surface area contributed by atoms with Gasteiger partial charge in [0.05, 0.1) is 24.7 Å². The lowest BCUT2D eigenvalue weighted by Crippen LogP contribution is -2.32. The lowest BCUT2D eigenvalue weighted by Gasteiger charge is -2.30. The molecule has 1 aliphatic carbocycles.